The van der Waals surface area contributed by atoms with E-state index >= 15 is 0 Å². The summed E-state index contributed by atoms with van der Waals surface area (Å²) < 4.78 is 13.2. The number of rotatable bonds is 5. The maximum Gasteiger partial charge on any atom is 0.255 e. The zero-order valence-electron chi connectivity index (χ0n) is 24.9. The lowest BCUT2D eigenvalue weighted by atomic mass is 9.46. The number of aliphatic hydroxyl groups excluding tert-OH is 2. The van der Waals surface area contributed by atoms with Gasteiger partial charge in [0.1, 0.15) is 6.61 Å². The summed E-state index contributed by atoms with van der Waals surface area (Å²) in [6.07, 6.45) is 5.34. The molecule has 0 bridgehead atoms. The Morgan fingerprint density at radius 3 is 2.66 bits per heavy atom. The van der Waals surface area contributed by atoms with Crippen LogP contribution >= 0.6 is 0 Å². The van der Waals surface area contributed by atoms with E-state index in [2.05, 4.69) is 12.2 Å². The van der Waals surface area contributed by atoms with Crippen molar-refractivity contribution in [3.05, 3.63) is 83.5 Å². The van der Waals surface area contributed by atoms with Gasteiger partial charge in [-0.25, -0.2) is 0 Å². The van der Waals surface area contributed by atoms with Crippen LogP contribution in [0.25, 0.3) is 0 Å². The van der Waals surface area contributed by atoms with Crippen LogP contribution in [0, 0.1) is 28.6 Å². The molecule has 9 atom stereocenters. The highest BCUT2D eigenvalue weighted by molar-refractivity contribution is 6.04. The SMILES string of the molecule is C[C@]12C=CC(=O)C=C1CC[C@@H]1[C@@H]2[C@@H](O)C[C@@]2(C)[C@H]1C[C@H]1O[C@@H](c3cccc(C(=O)Nc4ccc(N)cc4)c3)O[C@]12C(=O)CO. The summed E-state index contributed by atoms with van der Waals surface area (Å²) in [5.74, 6) is -0.834. The molecule has 1 aliphatic heterocycles. The molecule has 44 heavy (non-hydrogen) atoms. The number of allylic oxidation sites excluding steroid dienone is 4. The lowest BCUT2D eigenvalue weighted by Crippen LogP contribution is -2.63. The van der Waals surface area contributed by atoms with Gasteiger partial charge in [0, 0.05) is 39.2 Å². The second-order valence-corrected chi connectivity index (χ2v) is 13.5. The minimum absolute atomic E-state index is 0.00113. The molecule has 9 nitrogen and oxygen atoms in total. The van der Waals surface area contributed by atoms with Gasteiger partial charge in [-0.05, 0) is 86.1 Å². The molecule has 7 rings (SSSR count). The molecule has 9 heteroatoms. The first-order valence-electron chi connectivity index (χ1n) is 15.4. The molecule has 4 aliphatic carbocycles. The fourth-order valence-electron chi connectivity index (χ4n) is 9.43. The summed E-state index contributed by atoms with van der Waals surface area (Å²) in [6.45, 7) is 3.40. The van der Waals surface area contributed by atoms with E-state index in [1.54, 1.807) is 60.7 Å². The number of Topliss-reactive ketones (excluding diaryl/α,β-unsaturated/α-hetero) is 1. The van der Waals surface area contributed by atoms with Crippen molar-refractivity contribution >= 4 is 28.8 Å². The van der Waals surface area contributed by atoms with Gasteiger partial charge in [-0.15, -0.1) is 0 Å². The van der Waals surface area contributed by atoms with Gasteiger partial charge >= 0.3 is 0 Å². The summed E-state index contributed by atoms with van der Waals surface area (Å²) >= 11 is 0. The van der Waals surface area contributed by atoms with Gasteiger partial charge in [0.2, 0.25) is 0 Å². The minimum Gasteiger partial charge on any atom is -0.399 e. The number of nitrogens with two attached hydrogens (primary N) is 1. The predicted molar refractivity (Wildman–Crippen MR) is 162 cm³/mol. The lowest BCUT2D eigenvalue weighted by molar-refractivity contribution is -0.201. The van der Waals surface area contributed by atoms with Crippen molar-refractivity contribution in [2.24, 2.45) is 28.6 Å². The first kappa shape index (κ1) is 29.1. The summed E-state index contributed by atoms with van der Waals surface area (Å²) in [5.41, 5.74) is 6.28. The van der Waals surface area contributed by atoms with E-state index in [4.69, 9.17) is 15.2 Å². The predicted octanol–water partition coefficient (Wildman–Crippen LogP) is 4.12. The number of amides is 1. The van der Waals surface area contributed by atoms with Gasteiger partial charge < -0.3 is 30.7 Å². The third-order valence-electron chi connectivity index (χ3n) is 11.4. The fourth-order valence-corrected chi connectivity index (χ4v) is 9.43. The van der Waals surface area contributed by atoms with Crippen molar-refractivity contribution in [2.75, 3.05) is 17.7 Å². The van der Waals surface area contributed by atoms with Crippen molar-refractivity contribution in [1.82, 2.24) is 0 Å². The molecule has 4 fully saturated rings. The van der Waals surface area contributed by atoms with Gasteiger partial charge in [0.15, 0.2) is 23.5 Å². The number of carbonyl (C=O) groups excluding carboxylic acids is 3. The van der Waals surface area contributed by atoms with Crippen molar-refractivity contribution in [3.63, 3.8) is 0 Å². The number of fused-ring (bicyclic) bond motifs is 7. The molecule has 0 aromatic heterocycles. The van der Waals surface area contributed by atoms with Crippen LogP contribution in [0.4, 0.5) is 11.4 Å². The molecule has 0 spiro atoms. The van der Waals surface area contributed by atoms with Gasteiger partial charge in [0.05, 0.1) is 12.2 Å². The fraction of sp³-hybridized carbons (Fsp3) is 0.457. The highest BCUT2D eigenvalue weighted by Crippen LogP contribution is 2.70. The second kappa shape index (κ2) is 10.2. The first-order valence-corrected chi connectivity index (χ1v) is 15.4. The van der Waals surface area contributed by atoms with Gasteiger partial charge in [-0.3, -0.25) is 14.4 Å². The number of nitrogens with one attached hydrogen (secondary N) is 1. The van der Waals surface area contributed by atoms with E-state index in [-0.39, 0.29) is 29.4 Å². The van der Waals surface area contributed by atoms with E-state index in [9.17, 15) is 24.6 Å². The molecule has 0 unspecified atom stereocenters. The van der Waals surface area contributed by atoms with E-state index in [1.165, 1.54) is 0 Å². The summed E-state index contributed by atoms with van der Waals surface area (Å²) in [4.78, 5) is 39.0. The Morgan fingerprint density at radius 2 is 1.91 bits per heavy atom. The molecular formula is C35H38N2O7. The Bertz CT molecular complexity index is 1600. The van der Waals surface area contributed by atoms with Crippen molar-refractivity contribution in [2.45, 2.75) is 63.6 Å². The Labute approximate surface area is 256 Å². The second-order valence-electron chi connectivity index (χ2n) is 13.5. The average Bonchev–Trinajstić information content (AvgIpc) is 3.51. The van der Waals surface area contributed by atoms with Crippen molar-refractivity contribution in [1.29, 1.82) is 0 Å². The minimum atomic E-state index is -1.46. The summed E-state index contributed by atoms with van der Waals surface area (Å²) in [7, 11) is 0. The van der Waals surface area contributed by atoms with Crippen LogP contribution in [-0.2, 0) is 19.1 Å². The lowest BCUT2D eigenvalue weighted by Gasteiger charge is -2.59. The third-order valence-corrected chi connectivity index (χ3v) is 11.4. The van der Waals surface area contributed by atoms with E-state index < -0.39 is 47.3 Å². The number of aliphatic hydroxyl groups is 2. The third kappa shape index (κ3) is 4.10. The molecule has 5 aliphatic rings. The molecule has 230 valence electrons. The van der Waals surface area contributed by atoms with Crippen LogP contribution < -0.4 is 11.1 Å². The average molecular weight is 599 g/mol. The van der Waals surface area contributed by atoms with Crippen molar-refractivity contribution in [3.8, 4) is 0 Å². The topological polar surface area (TPSA) is 148 Å². The number of hydrogen-bond acceptors (Lipinski definition) is 8. The number of nitrogen functional groups attached to an aromatic ring is 1. The number of ketones is 2. The largest absolute Gasteiger partial charge is 0.399 e. The maximum absolute atomic E-state index is 13.8. The Hall–Kier alpha value is -3.63. The van der Waals surface area contributed by atoms with Crippen molar-refractivity contribution < 1.29 is 34.1 Å². The quantitative estimate of drug-likeness (QED) is 0.376. The Morgan fingerprint density at radius 1 is 1.14 bits per heavy atom. The van der Waals surface area contributed by atoms with Crippen LogP contribution in [0.1, 0.15) is 61.7 Å². The summed E-state index contributed by atoms with van der Waals surface area (Å²) in [6, 6.07) is 13.8. The maximum atomic E-state index is 13.8. The molecule has 2 aromatic carbocycles. The number of hydrogen-bond donors (Lipinski definition) is 4. The van der Waals surface area contributed by atoms with E-state index in [0.29, 0.717) is 35.3 Å². The highest BCUT2D eigenvalue weighted by atomic mass is 16.7. The zero-order valence-corrected chi connectivity index (χ0v) is 24.9. The number of ether oxygens (including phenoxy) is 2. The van der Waals surface area contributed by atoms with Crippen LogP contribution in [-0.4, -0.2) is 52.1 Å². The van der Waals surface area contributed by atoms with E-state index in [0.717, 1.165) is 18.4 Å². The molecule has 1 amide bonds. The van der Waals surface area contributed by atoms with Crippen LogP contribution in [0.5, 0.6) is 0 Å². The van der Waals surface area contributed by atoms with Gasteiger partial charge in [-0.1, -0.05) is 37.6 Å². The molecule has 0 radical (unpaired) electrons. The Balaban J connectivity index is 1.18. The highest BCUT2D eigenvalue weighted by Gasteiger charge is 2.75. The van der Waals surface area contributed by atoms with Crippen LogP contribution in [0.15, 0.2) is 72.3 Å². The molecular weight excluding hydrogens is 560 g/mol. The molecule has 2 aromatic rings. The molecule has 1 heterocycles. The number of anilines is 2. The number of carbonyl (C=O) groups is 3. The standard InChI is InChI=1S/C35H38N2O7/c1-33-13-12-24(39)15-21(33)6-11-25-26-16-29-35(28(41)18-38,34(26,2)17-27(40)30(25)33)44-32(43-29)20-5-3-4-19(14-20)31(42)37-23-9-7-22(36)8-10-23/h3-5,7-10,12-15,25-27,29-30,32,38,40H,6,11,16-18,36H2,1-2H3,(H,37,42)/t25-,26-,27-,29+,30+,32+,33-,34-,35+/m0/s1. The first-order chi connectivity index (χ1) is 21.0. The van der Waals surface area contributed by atoms with E-state index in [1.807, 2.05) is 13.0 Å². The monoisotopic (exact) mass is 598 g/mol. The normalized spacial score (nSPS) is 38.6. The van der Waals surface area contributed by atoms with Gasteiger partial charge in [-0.2, -0.15) is 0 Å². The molecule has 5 N–H and O–H groups in total. The van der Waals surface area contributed by atoms with Crippen LogP contribution in [0.2, 0.25) is 0 Å². The smallest absolute Gasteiger partial charge is 0.255 e. The molecule has 3 saturated carbocycles. The van der Waals surface area contributed by atoms with Gasteiger partial charge in [0.25, 0.3) is 5.91 Å². The van der Waals surface area contributed by atoms with Crippen LogP contribution in [0.3, 0.4) is 0 Å². The number of benzene rings is 2. The Kier molecular flexibility index (Phi) is 6.75. The molecule has 1 saturated heterocycles. The zero-order chi connectivity index (χ0) is 31.0. The summed E-state index contributed by atoms with van der Waals surface area (Å²) in [5, 5.41) is 24.9.